The minimum Gasteiger partial charge on any atom is -0.370 e. The topological polar surface area (TPSA) is 269 Å². The van der Waals surface area contributed by atoms with E-state index in [0.717, 1.165) is 72.5 Å². The molecule has 0 radical (unpaired) electrons. The normalized spacial score (nSPS) is 19.1. The number of nitrogens with zero attached hydrogens (tertiary/aromatic N) is 4. The van der Waals surface area contributed by atoms with Crippen molar-refractivity contribution in [1.29, 1.82) is 0 Å². The number of hydrogen-bond acceptors (Lipinski definition) is 12. The first-order valence-corrected chi connectivity index (χ1v) is 29.8. The van der Waals surface area contributed by atoms with Gasteiger partial charge in [0.2, 0.25) is 35.4 Å². The van der Waals surface area contributed by atoms with Crippen molar-refractivity contribution in [1.82, 2.24) is 35.6 Å². The van der Waals surface area contributed by atoms with Crippen molar-refractivity contribution in [3.63, 3.8) is 0 Å². The molecule has 4 aliphatic rings. The largest absolute Gasteiger partial charge is 0.399 e. The van der Waals surface area contributed by atoms with Crippen LogP contribution in [-0.2, 0) is 43.7 Å². The zero-order valence-electron chi connectivity index (χ0n) is 45.8. The molecule has 0 bridgehead atoms. The predicted octanol–water partition coefficient (Wildman–Crippen LogP) is 5.99. The van der Waals surface area contributed by atoms with E-state index in [4.69, 9.17) is 4.74 Å². The van der Waals surface area contributed by atoms with Crippen molar-refractivity contribution < 1.29 is 71.0 Å². The average molecular weight is 1170 g/mol. The maximum atomic E-state index is 14.9. The van der Waals surface area contributed by atoms with E-state index < -0.39 is 108 Å². The van der Waals surface area contributed by atoms with Crippen LogP contribution in [0.2, 0.25) is 0 Å². The van der Waals surface area contributed by atoms with E-state index in [1.807, 2.05) is 30.3 Å². The minimum absolute atomic E-state index is 0.0126. The van der Waals surface area contributed by atoms with Crippen LogP contribution >= 0.6 is 18.9 Å². The lowest BCUT2D eigenvalue weighted by atomic mass is 9.85. The van der Waals surface area contributed by atoms with Gasteiger partial charge >= 0.3 is 13.3 Å². The van der Waals surface area contributed by atoms with Crippen LogP contribution in [0, 0.1) is 17.3 Å². The highest BCUT2D eigenvalue weighted by atomic mass is 32.1. The maximum Gasteiger partial charge on any atom is 0.399 e. The summed E-state index contributed by atoms with van der Waals surface area (Å²) < 4.78 is 47.2. The van der Waals surface area contributed by atoms with E-state index in [1.165, 1.54) is 28.0 Å². The van der Waals surface area contributed by atoms with Crippen molar-refractivity contribution in [2.75, 3.05) is 45.9 Å². The number of benzene rings is 3. The van der Waals surface area contributed by atoms with E-state index in [-0.39, 0.29) is 73.6 Å². The van der Waals surface area contributed by atoms with Crippen molar-refractivity contribution >= 4 is 82.2 Å². The highest BCUT2D eigenvalue weighted by Crippen LogP contribution is 2.59. The Balaban J connectivity index is 0.806. The minimum atomic E-state index is -5.87. The lowest BCUT2D eigenvalue weighted by Gasteiger charge is -2.45. The van der Waals surface area contributed by atoms with Gasteiger partial charge in [-0.05, 0) is 72.0 Å². The predicted molar refractivity (Wildman–Crippen MR) is 297 cm³/mol. The van der Waals surface area contributed by atoms with Gasteiger partial charge in [0.05, 0.1) is 35.7 Å². The Morgan fingerprint density at radius 1 is 0.841 bits per heavy atom. The molecule has 2 unspecified atom stereocenters. The third-order valence-electron chi connectivity index (χ3n) is 15.0. The van der Waals surface area contributed by atoms with E-state index in [0.29, 0.717) is 29.6 Å². The van der Waals surface area contributed by atoms with E-state index in [2.05, 4.69) is 27.8 Å². The quantitative estimate of drug-likeness (QED) is 0.0238. The first-order valence-electron chi connectivity index (χ1n) is 27.4. The number of halogens is 2. The molecular weight excluding hydrogens is 1100 g/mol. The summed E-state index contributed by atoms with van der Waals surface area (Å²) in [7, 11) is -5.87. The van der Waals surface area contributed by atoms with Crippen LogP contribution < -0.4 is 16.0 Å². The Kier molecular flexibility index (Phi) is 19.2. The fourth-order valence-electron chi connectivity index (χ4n) is 10.4. The molecule has 4 aromatic rings. The van der Waals surface area contributed by atoms with E-state index in [1.54, 1.807) is 37.8 Å². The van der Waals surface area contributed by atoms with Gasteiger partial charge in [-0.15, -0.1) is 11.3 Å². The Morgan fingerprint density at radius 2 is 1.55 bits per heavy atom. The second-order valence-electron chi connectivity index (χ2n) is 21.9. The van der Waals surface area contributed by atoms with Gasteiger partial charge in [-0.1, -0.05) is 101 Å². The highest BCUT2D eigenvalue weighted by Gasteiger charge is 2.51. The number of carbonyl (C=O) groups excluding carboxylic acids is 9. The Hall–Kier alpha value is -7.22. The molecule has 4 aliphatic heterocycles. The lowest BCUT2D eigenvalue weighted by Crippen LogP contribution is -2.66. The SMILES string of the molecule is CC(C)(C)C(NC(=O)c1cc2cc(C(F)(F)P(=O)(O)O)ccc2s1)C(=O)N1CCN(C(=O)CC(=O)NCCCCCCCCCC#Cc2ccc3c(c2)C(=O)N(C2CCC(=O)NC2=O)C3=O)C[C@H]1C(=O)N1CCO[C@H](c2ccccc2)C1. The van der Waals surface area contributed by atoms with Crippen LogP contribution in [0.15, 0.2) is 72.8 Å². The summed E-state index contributed by atoms with van der Waals surface area (Å²) in [5.41, 5.74) is -4.55. The number of carbonyl (C=O) groups is 9. The summed E-state index contributed by atoms with van der Waals surface area (Å²) in [6, 6.07) is 14.9. The van der Waals surface area contributed by atoms with Gasteiger partial charge in [-0.2, -0.15) is 8.78 Å². The molecule has 1 aromatic heterocycles. The van der Waals surface area contributed by atoms with E-state index >= 15 is 0 Å². The van der Waals surface area contributed by atoms with Crippen LogP contribution in [-0.4, -0.2) is 147 Å². The molecule has 82 heavy (non-hydrogen) atoms. The lowest BCUT2D eigenvalue weighted by molar-refractivity contribution is -0.158. The van der Waals surface area contributed by atoms with Gasteiger partial charge in [0.25, 0.3) is 17.7 Å². The number of imide groups is 2. The Labute approximate surface area is 476 Å². The zero-order chi connectivity index (χ0) is 59.1. The molecule has 5 N–H and O–H groups in total. The third-order valence-corrected chi connectivity index (χ3v) is 17.1. The maximum absolute atomic E-state index is 14.9. The van der Waals surface area contributed by atoms with Gasteiger partial charge in [-0.3, -0.25) is 57.9 Å². The number of alkyl halides is 2. The second kappa shape index (κ2) is 25.9. The van der Waals surface area contributed by atoms with Gasteiger partial charge in [-0.25, -0.2) is 0 Å². The number of piperazine rings is 1. The number of thiophene rings is 1. The molecule has 436 valence electrons. The molecule has 3 fully saturated rings. The summed E-state index contributed by atoms with van der Waals surface area (Å²) >= 11 is 0.928. The number of morpholine rings is 1. The first kappa shape index (κ1) is 60.9. The summed E-state index contributed by atoms with van der Waals surface area (Å²) in [6.45, 7) is 5.74. The molecule has 24 heteroatoms. The fraction of sp³-hybridized carbons (Fsp3) is 0.466. The number of amides is 9. The van der Waals surface area contributed by atoms with Gasteiger partial charge < -0.3 is 39.9 Å². The van der Waals surface area contributed by atoms with Crippen molar-refractivity contribution in [2.24, 2.45) is 5.41 Å². The number of piperidine rings is 1. The zero-order valence-corrected chi connectivity index (χ0v) is 47.5. The molecule has 0 aliphatic carbocycles. The molecule has 9 amide bonds. The van der Waals surface area contributed by atoms with Crippen molar-refractivity contribution in [2.45, 2.75) is 121 Å². The number of ether oxygens (including phenoxy) is 1. The molecule has 3 aromatic carbocycles. The van der Waals surface area contributed by atoms with Gasteiger partial charge in [0.1, 0.15) is 30.7 Å². The molecule has 5 heterocycles. The molecular formula is C58H66F2N7O13PS. The molecule has 20 nitrogen and oxygen atoms in total. The summed E-state index contributed by atoms with van der Waals surface area (Å²) in [4.78, 5) is 144. The first-order chi connectivity index (χ1) is 38.9. The Morgan fingerprint density at radius 3 is 2.26 bits per heavy atom. The molecule has 0 spiro atoms. The van der Waals surface area contributed by atoms with Crippen LogP contribution in [0.4, 0.5) is 8.78 Å². The number of nitrogens with one attached hydrogen (secondary N) is 3. The highest BCUT2D eigenvalue weighted by molar-refractivity contribution is 7.52. The standard InChI is InChI=1S/C58H66F2N7O13PS/c1-57(2,3)50(63-52(72)46-32-38-31-39(20-23-45(38)82-46)58(59,60)81(77,78)79)56(76)66-27-26-64(34-43(66)55(75)65-28-29-80-44(35-65)37-17-13-11-14-18-37)49(70)33-48(69)61-25-15-10-8-6-4-5-7-9-12-16-36-19-21-40-41(30-36)54(74)67(53(40)73)42-22-24-47(68)62-51(42)71/h11,13-14,17-21,23,30-32,42-44,50H,4-10,15,22,24-29,33-35H2,1-3H3,(H,61,69)(H,63,72)(H,62,68,71)(H2,77,78,79)/t42?,43-,44-,50?/m0/s1. The molecule has 4 atom stereocenters. The van der Waals surface area contributed by atoms with Crippen molar-refractivity contribution in [3.05, 3.63) is 105 Å². The third kappa shape index (κ3) is 14.2. The number of rotatable bonds is 19. The van der Waals surface area contributed by atoms with Crippen LogP contribution in [0.25, 0.3) is 10.1 Å². The van der Waals surface area contributed by atoms with Crippen LogP contribution in [0.5, 0.6) is 0 Å². The second-order valence-corrected chi connectivity index (χ2v) is 24.7. The molecule has 3 saturated heterocycles. The fourth-order valence-corrected chi connectivity index (χ4v) is 11.8. The van der Waals surface area contributed by atoms with Crippen LogP contribution in [0.1, 0.15) is 145 Å². The monoisotopic (exact) mass is 1170 g/mol. The summed E-state index contributed by atoms with van der Waals surface area (Å²) in [5, 5.41) is 7.93. The van der Waals surface area contributed by atoms with E-state index in [9.17, 15) is 66.3 Å². The van der Waals surface area contributed by atoms with Crippen molar-refractivity contribution in [3.8, 4) is 11.8 Å². The number of hydrogen-bond donors (Lipinski definition) is 5. The number of fused-ring (bicyclic) bond motifs is 2. The summed E-state index contributed by atoms with van der Waals surface area (Å²) in [5.74, 6) is 1.13. The Bertz CT molecular complexity index is 3260. The van der Waals surface area contributed by atoms with Crippen LogP contribution in [0.3, 0.4) is 0 Å². The van der Waals surface area contributed by atoms with Gasteiger partial charge in [0, 0.05) is 54.8 Å². The smallest absolute Gasteiger partial charge is 0.370 e. The number of unbranched alkanes of at least 4 members (excludes halogenated alkanes) is 7. The molecule has 8 rings (SSSR count). The molecule has 0 saturated carbocycles. The van der Waals surface area contributed by atoms with Gasteiger partial charge in [0.15, 0.2) is 0 Å². The summed E-state index contributed by atoms with van der Waals surface area (Å²) in [6.07, 6.45) is 6.06. The average Bonchev–Trinajstić information content (AvgIpc) is 4.22.